The molecule has 0 saturated carbocycles. The maximum absolute atomic E-state index is 12.3. The van der Waals surface area contributed by atoms with Gasteiger partial charge in [-0.15, -0.1) is 0 Å². The molecule has 0 radical (unpaired) electrons. The fraction of sp³-hybridized carbons (Fsp3) is 0.300. The lowest BCUT2D eigenvalue weighted by atomic mass is 10.1. The summed E-state index contributed by atoms with van der Waals surface area (Å²) < 4.78 is 7.24. The number of aryl methyl sites for hydroxylation is 1. The lowest BCUT2D eigenvalue weighted by Crippen LogP contribution is -2.23. The SMILES string of the molecule is COCCn1c(C)cc(/C=C(\C#N)C(=O)NCc2ccccc2)c1C. The first-order valence-corrected chi connectivity index (χ1v) is 8.16. The molecule has 0 saturated heterocycles. The fourth-order valence-electron chi connectivity index (χ4n) is 2.68. The predicted molar refractivity (Wildman–Crippen MR) is 97.7 cm³/mol. The van der Waals surface area contributed by atoms with E-state index in [2.05, 4.69) is 9.88 Å². The second kappa shape index (κ2) is 8.86. The number of amides is 1. The lowest BCUT2D eigenvalue weighted by molar-refractivity contribution is -0.117. The third-order valence-corrected chi connectivity index (χ3v) is 4.09. The Morgan fingerprint density at radius 3 is 2.68 bits per heavy atom. The third kappa shape index (κ3) is 4.82. The van der Waals surface area contributed by atoms with Gasteiger partial charge in [0.15, 0.2) is 0 Å². The van der Waals surface area contributed by atoms with Crippen LogP contribution in [0.1, 0.15) is 22.5 Å². The summed E-state index contributed by atoms with van der Waals surface area (Å²) in [5, 5.41) is 12.1. The zero-order valence-electron chi connectivity index (χ0n) is 14.9. The van der Waals surface area contributed by atoms with E-state index in [4.69, 9.17) is 4.74 Å². The molecule has 1 amide bonds. The van der Waals surface area contributed by atoms with E-state index in [1.165, 1.54) is 0 Å². The number of hydrogen-bond donors (Lipinski definition) is 1. The molecule has 0 unspecified atom stereocenters. The number of benzene rings is 1. The van der Waals surface area contributed by atoms with Gasteiger partial charge in [0.2, 0.25) is 0 Å². The zero-order chi connectivity index (χ0) is 18.2. The van der Waals surface area contributed by atoms with Crippen molar-refractivity contribution in [1.82, 2.24) is 9.88 Å². The molecule has 5 heteroatoms. The molecule has 1 N–H and O–H groups in total. The van der Waals surface area contributed by atoms with Crippen molar-refractivity contribution in [2.45, 2.75) is 26.9 Å². The number of nitrogens with one attached hydrogen (secondary N) is 1. The van der Waals surface area contributed by atoms with E-state index in [9.17, 15) is 10.1 Å². The van der Waals surface area contributed by atoms with Crippen molar-refractivity contribution in [1.29, 1.82) is 5.26 Å². The van der Waals surface area contributed by atoms with Crippen LogP contribution in [0, 0.1) is 25.2 Å². The van der Waals surface area contributed by atoms with E-state index < -0.39 is 0 Å². The van der Waals surface area contributed by atoms with E-state index in [-0.39, 0.29) is 11.5 Å². The number of hydrogen-bond acceptors (Lipinski definition) is 3. The van der Waals surface area contributed by atoms with Crippen LogP contribution < -0.4 is 5.32 Å². The van der Waals surface area contributed by atoms with Gasteiger partial charge in [0.25, 0.3) is 5.91 Å². The first kappa shape index (κ1) is 18.5. The van der Waals surface area contributed by atoms with Crippen LogP contribution in [0.3, 0.4) is 0 Å². The number of carbonyl (C=O) groups is 1. The Kier molecular flexibility index (Phi) is 6.55. The summed E-state index contributed by atoms with van der Waals surface area (Å²) in [4.78, 5) is 12.3. The highest BCUT2D eigenvalue weighted by Gasteiger charge is 2.12. The molecule has 2 rings (SSSR count). The average molecular weight is 337 g/mol. The van der Waals surface area contributed by atoms with Crippen molar-refractivity contribution in [3.63, 3.8) is 0 Å². The smallest absolute Gasteiger partial charge is 0.262 e. The van der Waals surface area contributed by atoms with Crippen LogP contribution in [0.2, 0.25) is 0 Å². The second-order valence-electron chi connectivity index (χ2n) is 5.81. The highest BCUT2D eigenvalue weighted by molar-refractivity contribution is 6.01. The van der Waals surface area contributed by atoms with Crippen molar-refractivity contribution in [2.75, 3.05) is 13.7 Å². The van der Waals surface area contributed by atoms with E-state index in [1.807, 2.05) is 56.3 Å². The zero-order valence-corrected chi connectivity index (χ0v) is 14.9. The topological polar surface area (TPSA) is 67.0 Å². The van der Waals surface area contributed by atoms with Crippen LogP contribution in [0.15, 0.2) is 42.0 Å². The van der Waals surface area contributed by atoms with Crippen molar-refractivity contribution in [3.05, 3.63) is 64.5 Å². The van der Waals surface area contributed by atoms with Gasteiger partial charge in [0.1, 0.15) is 11.6 Å². The standard InChI is InChI=1S/C20H23N3O2/c1-15-11-18(16(2)23(15)9-10-25-3)12-19(13-21)20(24)22-14-17-7-5-4-6-8-17/h4-8,11-12H,9-10,14H2,1-3H3,(H,22,24)/b19-12+. The predicted octanol–water partition coefficient (Wildman–Crippen LogP) is 2.97. The Morgan fingerprint density at radius 2 is 2.04 bits per heavy atom. The van der Waals surface area contributed by atoms with Gasteiger partial charge < -0.3 is 14.6 Å². The number of ether oxygens (including phenoxy) is 1. The summed E-state index contributed by atoms with van der Waals surface area (Å²) in [6.07, 6.45) is 1.64. The minimum absolute atomic E-state index is 0.0999. The Balaban J connectivity index is 2.14. The van der Waals surface area contributed by atoms with E-state index in [0.717, 1.165) is 29.1 Å². The minimum atomic E-state index is -0.368. The highest BCUT2D eigenvalue weighted by atomic mass is 16.5. The van der Waals surface area contributed by atoms with Gasteiger partial charge in [0, 0.05) is 31.6 Å². The van der Waals surface area contributed by atoms with Gasteiger partial charge in [-0.25, -0.2) is 0 Å². The van der Waals surface area contributed by atoms with Crippen molar-refractivity contribution in [2.24, 2.45) is 0 Å². The molecule has 0 atom stereocenters. The van der Waals surface area contributed by atoms with E-state index in [1.54, 1.807) is 13.2 Å². The Bertz CT molecular complexity index is 798. The largest absolute Gasteiger partial charge is 0.383 e. The van der Waals surface area contributed by atoms with Crippen molar-refractivity contribution in [3.8, 4) is 6.07 Å². The molecule has 130 valence electrons. The molecule has 1 aromatic carbocycles. The van der Waals surface area contributed by atoms with Crippen LogP contribution in [0.5, 0.6) is 0 Å². The molecular weight excluding hydrogens is 314 g/mol. The number of methoxy groups -OCH3 is 1. The average Bonchev–Trinajstić information content (AvgIpc) is 2.89. The molecule has 25 heavy (non-hydrogen) atoms. The normalized spacial score (nSPS) is 11.2. The Morgan fingerprint density at radius 1 is 1.32 bits per heavy atom. The molecule has 2 aromatic rings. The van der Waals surface area contributed by atoms with Gasteiger partial charge in [0.05, 0.1) is 6.61 Å². The second-order valence-corrected chi connectivity index (χ2v) is 5.81. The lowest BCUT2D eigenvalue weighted by Gasteiger charge is -2.08. The summed E-state index contributed by atoms with van der Waals surface area (Å²) in [6, 6.07) is 13.6. The van der Waals surface area contributed by atoms with Gasteiger partial charge >= 0.3 is 0 Å². The first-order chi connectivity index (χ1) is 12.1. The summed E-state index contributed by atoms with van der Waals surface area (Å²) in [7, 11) is 1.67. The van der Waals surface area contributed by atoms with Gasteiger partial charge in [-0.2, -0.15) is 5.26 Å². The first-order valence-electron chi connectivity index (χ1n) is 8.16. The number of carbonyl (C=O) groups excluding carboxylic acids is 1. The maximum atomic E-state index is 12.3. The van der Waals surface area contributed by atoms with Gasteiger partial charge in [-0.1, -0.05) is 30.3 Å². The summed E-state index contributed by atoms with van der Waals surface area (Å²) in [5.41, 5.74) is 4.05. The molecule has 0 aliphatic carbocycles. The van der Waals surface area contributed by atoms with Crippen LogP contribution in [-0.4, -0.2) is 24.2 Å². The number of rotatable bonds is 7. The molecule has 0 bridgehead atoms. The van der Waals surface area contributed by atoms with Crippen LogP contribution >= 0.6 is 0 Å². The molecular formula is C20H23N3O2. The van der Waals surface area contributed by atoms with Crippen LogP contribution in [-0.2, 0) is 22.6 Å². The molecule has 5 nitrogen and oxygen atoms in total. The Labute approximate surface area is 148 Å². The summed E-state index contributed by atoms with van der Waals surface area (Å²) in [6.45, 7) is 5.73. The minimum Gasteiger partial charge on any atom is -0.383 e. The fourth-order valence-corrected chi connectivity index (χ4v) is 2.68. The van der Waals surface area contributed by atoms with Gasteiger partial charge in [-0.05, 0) is 37.1 Å². The third-order valence-electron chi connectivity index (χ3n) is 4.09. The van der Waals surface area contributed by atoms with Crippen LogP contribution in [0.4, 0.5) is 0 Å². The highest BCUT2D eigenvalue weighted by Crippen LogP contribution is 2.18. The van der Waals surface area contributed by atoms with Crippen molar-refractivity contribution >= 4 is 12.0 Å². The molecule has 0 aliphatic heterocycles. The summed E-state index contributed by atoms with van der Waals surface area (Å²) in [5.74, 6) is -0.368. The van der Waals surface area contributed by atoms with E-state index in [0.29, 0.717) is 13.2 Å². The van der Waals surface area contributed by atoms with Gasteiger partial charge in [-0.3, -0.25) is 4.79 Å². The number of aromatic nitrogens is 1. The molecule has 0 aliphatic rings. The van der Waals surface area contributed by atoms with Crippen molar-refractivity contribution < 1.29 is 9.53 Å². The molecule has 0 fully saturated rings. The summed E-state index contributed by atoms with van der Waals surface area (Å²) >= 11 is 0. The quantitative estimate of drug-likeness (QED) is 0.624. The van der Waals surface area contributed by atoms with E-state index >= 15 is 0 Å². The number of nitrogens with zero attached hydrogens (tertiary/aromatic N) is 2. The molecule has 1 aromatic heterocycles. The monoisotopic (exact) mass is 337 g/mol. The Hall–Kier alpha value is -2.84. The molecule has 1 heterocycles. The van der Waals surface area contributed by atoms with Crippen LogP contribution in [0.25, 0.3) is 6.08 Å². The molecule has 0 spiro atoms. The number of nitriles is 1. The maximum Gasteiger partial charge on any atom is 0.262 e.